The van der Waals surface area contributed by atoms with Crippen LogP contribution in [0.15, 0.2) is 66.2 Å². The quantitative estimate of drug-likeness (QED) is 0.736. The maximum absolute atomic E-state index is 11.9. The molecule has 0 spiro atoms. The largest absolute Gasteiger partial charge is 0.489 e. The highest BCUT2D eigenvalue weighted by molar-refractivity contribution is 5.78. The van der Waals surface area contributed by atoms with Gasteiger partial charge in [0.05, 0.1) is 6.42 Å². The summed E-state index contributed by atoms with van der Waals surface area (Å²) >= 11 is 0. The second kappa shape index (κ2) is 9.56. The molecule has 0 saturated heterocycles. The lowest BCUT2D eigenvalue weighted by atomic mass is 10.1. The Labute approximate surface area is 144 Å². The highest BCUT2D eigenvalue weighted by Crippen LogP contribution is 2.14. The third kappa shape index (κ3) is 6.29. The van der Waals surface area contributed by atoms with Crippen LogP contribution < -0.4 is 10.1 Å². The van der Waals surface area contributed by atoms with Crippen molar-refractivity contribution in [2.45, 2.75) is 33.3 Å². The molecule has 0 atom stereocenters. The Morgan fingerprint density at radius 2 is 1.75 bits per heavy atom. The van der Waals surface area contributed by atoms with Gasteiger partial charge in [0.15, 0.2) is 0 Å². The highest BCUT2D eigenvalue weighted by atomic mass is 16.5. The van der Waals surface area contributed by atoms with E-state index < -0.39 is 0 Å². The molecule has 0 aliphatic heterocycles. The average molecular weight is 323 g/mol. The van der Waals surface area contributed by atoms with Crippen LogP contribution in [0, 0.1) is 0 Å². The van der Waals surface area contributed by atoms with Crippen molar-refractivity contribution in [2.75, 3.05) is 6.54 Å². The van der Waals surface area contributed by atoms with E-state index in [9.17, 15) is 4.79 Å². The zero-order chi connectivity index (χ0) is 17.2. The Morgan fingerprint density at radius 1 is 1.04 bits per heavy atom. The Morgan fingerprint density at radius 3 is 2.42 bits per heavy atom. The summed E-state index contributed by atoms with van der Waals surface area (Å²) in [4.78, 5) is 11.9. The number of hydrogen-bond donors (Lipinski definition) is 1. The Kier molecular flexibility index (Phi) is 7.09. The Hall–Kier alpha value is -2.55. The fourth-order valence-electron chi connectivity index (χ4n) is 2.24. The Bertz CT molecular complexity index is 660. The predicted molar refractivity (Wildman–Crippen MR) is 98.0 cm³/mol. The number of amides is 1. The molecule has 0 saturated carbocycles. The monoisotopic (exact) mass is 323 g/mol. The Balaban J connectivity index is 1.76. The van der Waals surface area contributed by atoms with Gasteiger partial charge in [-0.2, -0.15) is 0 Å². The lowest BCUT2D eigenvalue weighted by Crippen LogP contribution is -2.26. The topological polar surface area (TPSA) is 38.3 Å². The molecule has 3 heteroatoms. The molecular formula is C21H25NO2. The van der Waals surface area contributed by atoms with Crippen LogP contribution in [-0.4, -0.2) is 12.5 Å². The summed E-state index contributed by atoms with van der Waals surface area (Å²) in [5.74, 6) is 0.864. The van der Waals surface area contributed by atoms with Crippen LogP contribution in [0.1, 0.15) is 31.4 Å². The molecule has 24 heavy (non-hydrogen) atoms. The lowest BCUT2D eigenvalue weighted by Gasteiger charge is -2.08. The second-order valence-corrected chi connectivity index (χ2v) is 5.83. The van der Waals surface area contributed by atoms with Gasteiger partial charge in [-0.05, 0) is 43.5 Å². The predicted octanol–water partition coefficient (Wildman–Crippen LogP) is 4.28. The van der Waals surface area contributed by atoms with E-state index in [0.717, 1.165) is 23.3 Å². The summed E-state index contributed by atoms with van der Waals surface area (Å²) in [6.07, 6.45) is 3.36. The van der Waals surface area contributed by atoms with E-state index >= 15 is 0 Å². The van der Waals surface area contributed by atoms with E-state index in [1.807, 2.05) is 61.5 Å². The molecule has 2 aromatic rings. The smallest absolute Gasteiger partial charge is 0.224 e. The summed E-state index contributed by atoms with van der Waals surface area (Å²) in [5.41, 5.74) is 3.41. The molecular weight excluding hydrogens is 298 g/mol. The van der Waals surface area contributed by atoms with Crippen molar-refractivity contribution in [3.05, 3.63) is 77.4 Å². The molecule has 126 valence electrons. The van der Waals surface area contributed by atoms with Gasteiger partial charge in [-0.3, -0.25) is 4.79 Å². The van der Waals surface area contributed by atoms with Crippen LogP contribution in [0.25, 0.3) is 0 Å². The van der Waals surface area contributed by atoms with Gasteiger partial charge in [-0.25, -0.2) is 0 Å². The molecule has 2 rings (SSSR count). The van der Waals surface area contributed by atoms with E-state index in [0.29, 0.717) is 19.6 Å². The number of carbonyl (C=O) groups is 1. The molecule has 3 nitrogen and oxygen atoms in total. The molecule has 0 aliphatic carbocycles. The van der Waals surface area contributed by atoms with Crippen molar-refractivity contribution in [1.29, 1.82) is 0 Å². The lowest BCUT2D eigenvalue weighted by molar-refractivity contribution is -0.120. The maximum atomic E-state index is 11.9. The molecule has 0 heterocycles. The first kappa shape index (κ1) is 17.8. The highest BCUT2D eigenvalue weighted by Gasteiger charge is 2.03. The zero-order valence-electron chi connectivity index (χ0n) is 14.4. The van der Waals surface area contributed by atoms with Gasteiger partial charge < -0.3 is 10.1 Å². The van der Waals surface area contributed by atoms with Gasteiger partial charge >= 0.3 is 0 Å². The average Bonchev–Trinajstić information content (AvgIpc) is 2.62. The van der Waals surface area contributed by atoms with Crippen molar-refractivity contribution < 1.29 is 9.53 Å². The van der Waals surface area contributed by atoms with Crippen LogP contribution >= 0.6 is 0 Å². The van der Waals surface area contributed by atoms with E-state index in [1.165, 1.54) is 5.57 Å². The first-order valence-electron chi connectivity index (χ1n) is 8.31. The fraction of sp³-hybridized carbons (Fsp3) is 0.286. The molecule has 0 aromatic heterocycles. The molecule has 0 radical (unpaired) electrons. The van der Waals surface area contributed by atoms with Crippen LogP contribution in [0.3, 0.4) is 0 Å². The summed E-state index contributed by atoms with van der Waals surface area (Å²) in [5, 5.41) is 2.95. The van der Waals surface area contributed by atoms with Crippen LogP contribution in [0.2, 0.25) is 0 Å². The number of nitrogens with one attached hydrogen (secondary N) is 1. The van der Waals surface area contributed by atoms with Crippen molar-refractivity contribution in [1.82, 2.24) is 5.32 Å². The molecule has 0 bridgehead atoms. The van der Waals surface area contributed by atoms with Crippen molar-refractivity contribution in [3.63, 3.8) is 0 Å². The van der Waals surface area contributed by atoms with E-state index in [2.05, 4.69) is 18.3 Å². The van der Waals surface area contributed by atoms with Gasteiger partial charge in [-0.15, -0.1) is 0 Å². The fourth-order valence-corrected chi connectivity index (χ4v) is 2.24. The summed E-state index contributed by atoms with van der Waals surface area (Å²) < 4.78 is 5.75. The van der Waals surface area contributed by atoms with Crippen molar-refractivity contribution >= 4 is 5.91 Å². The number of allylic oxidation sites excluding steroid dienone is 1. The molecule has 0 aliphatic rings. The van der Waals surface area contributed by atoms with Gasteiger partial charge in [0.25, 0.3) is 0 Å². The normalized spacial score (nSPS) is 11.2. The number of carbonyl (C=O) groups excluding carboxylic acids is 1. The summed E-state index contributed by atoms with van der Waals surface area (Å²) in [7, 11) is 0. The van der Waals surface area contributed by atoms with Gasteiger partial charge in [0.2, 0.25) is 5.91 Å². The van der Waals surface area contributed by atoms with Crippen LogP contribution in [0.4, 0.5) is 0 Å². The van der Waals surface area contributed by atoms with Crippen LogP contribution in [-0.2, 0) is 17.8 Å². The second-order valence-electron chi connectivity index (χ2n) is 5.83. The maximum Gasteiger partial charge on any atom is 0.224 e. The van der Waals surface area contributed by atoms with Crippen molar-refractivity contribution in [2.24, 2.45) is 0 Å². The van der Waals surface area contributed by atoms with Gasteiger partial charge in [0.1, 0.15) is 12.4 Å². The van der Waals surface area contributed by atoms with Crippen molar-refractivity contribution in [3.8, 4) is 5.75 Å². The van der Waals surface area contributed by atoms with E-state index in [-0.39, 0.29) is 5.91 Å². The first-order valence-corrected chi connectivity index (χ1v) is 8.31. The standard InChI is InChI=1S/C21H25NO2/c1-3-17(2)13-14-22-21(23)15-18-9-11-20(12-10-18)24-16-19-7-5-4-6-8-19/h3-12H,13-16H2,1-2H3,(H,22,23)/b17-3+. The minimum Gasteiger partial charge on any atom is -0.489 e. The molecule has 1 amide bonds. The first-order chi connectivity index (χ1) is 11.7. The number of benzene rings is 2. The third-order valence-electron chi connectivity index (χ3n) is 3.87. The molecule has 1 N–H and O–H groups in total. The van der Waals surface area contributed by atoms with E-state index in [4.69, 9.17) is 4.74 Å². The number of hydrogen-bond acceptors (Lipinski definition) is 2. The molecule has 0 unspecified atom stereocenters. The summed E-state index contributed by atoms with van der Waals surface area (Å²) in [6, 6.07) is 17.8. The molecule has 0 fully saturated rings. The minimum atomic E-state index is 0.0526. The van der Waals surface area contributed by atoms with E-state index in [1.54, 1.807) is 0 Å². The third-order valence-corrected chi connectivity index (χ3v) is 3.87. The van der Waals surface area contributed by atoms with Gasteiger partial charge in [-0.1, -0.05) is 54.1 Å². The summed E-state index contributed by atoms with van der Waals surface area (Å²) in [6.45, 7) is 5.32. The van der Waals surface area contributed by atoms with Crippen LogP contribution in [0.5, 0.6) is 5.75 Å². The minimum absolute atomic E-state index is 0.0526. The number of ether oxygens (including phenoxy) is 1. The van der Waals surface area contributed by atoms with Gasteiger partial charge in [0, 0.05) is 6.54 Å². The molecule has 2 aromatic carbocycles. The SMILES string of the molecule is C/C=C(\C)CCNC(=O)Cc1ccc(OCc2ccccc2)cc1. The zero-order valence-corrected chi connectivity index (χ0v) is 14.4. The number of rotatable bonds is 8.